The normalized spacial score (nSPS) is 12.4. The maximum atomic E-state index is 12.3. The van der Waals surface area contributed by atoms with Crippen molar-refractivity contribution >= 4 is 33.6 Å². The molecule has 7 heteroatoms. The number of H-pyrrole nitrogens is 1. The summed E-state index contributed by atoms with van der Waals surface area (Å²) in [6, 6.07) is 7.34. The molecule has 0 aliphatic rings. The number of thiophene rings is 1. The molecule has 0 amide bonds. The average molecular weight is 384 g/mol. The summed E-state index contributed by atoms with van der Waals surface area (Å²) >= 11 is 1.46. The van der Waals surface area contributed by atoms with Gasteiger partial charge in [0.1, 0.15) is 10.6 Å². The quantitative estimate of drug-likeness (QED) is 0.532. The third-order valence-corrected chi connectivity index (χ3v) is 5.37. The topological polar surface area (TPSA) is 81.3 Å². The van der Waals surface area contributed by atoms with Crippen molar-refractivity contribution in [2.24, 2.45) is 0 Å². The van der Waals surface area contributed by atoms with E-state index in [1.54, 1.807) is 20.1 Å². The molecule has 27 heavy (non-hydrogen) atoms. The average Bonchev–Trinajstić information content (AvgIpc) is 2.94. The molecule has 3 aromatic rings. The van der Waals surface area contributed by atoms with Gasteiger partial charge in [-0.3, -0.25) is 4.79 Å². The summed E-state index contributed by atoms with van der Waals surface area (Å²) in [6.45, 7) is 5.52. The minimum Gasteiger partial charge on any atom is -0.496 e. The van der Waals surface area contributed by atoms with Crippen LogP contribution in [-0.2, 0) is 9.53 Å². The second-order valence-corrected chi connectivity index (χ2v) is 7.27. The lowest BCUT2D eigenvalue weighted by Crippen LogP contribution is -2.16. The van der Waals surface area contributed by atoms with Gasteiger partial charge in [0, 0.05) is 16.5 Å². The number of ether oxygens (including phenoxy) is 2. The Kier molecular flexibility index (Phi) is 5.41. The van der Waals surface area contributed by atoms with E-state index in [1.165, 1.54) is 17.4 Å². The Labute approximate surface area is 160 Å². The Morgan fingerprint density at radius 3 is 2.78 bits per heavy atom. The fourth-order valence-electron chi connectivity index (χ4n) is 2.70. The molecule has 0 fully saturated rings. The molecule has 0 bridgehead atoms. The van der Waals surface area contributed by atoms with Crippen molar-refractivity contribution in [3.05, 3.63) is 62.5 Å². The van der Waals surface area contributed by atoms with Gasteiger partial charge in [0.05, 0.1) is 12.5 Å². The lowest BCUT2D eigenvalue weighted by molar-refractivity contribution is -0.142. The van der Waals surface area contributed by atoms with Gasteiger partial charge in [-0.25, -0.2) is 9.78 Å². The van der Waals surface area contributed by atoms with Crippen LogP contribution in [0, 0.1) is 13.8 Å². The van der Waals surface area contributed by atoms with Crippen molar-refractivity contribution in [2.45, 2.75) is 26.9 Å². The molecule has 0 unspecified atom stereocenters. The second kappa shape index (κ2) is 7.75. The number of hydrogen-bond donors (Lipinski definition) is 1. The zero-order valence-electron chi connectivity index (χ0n) is 15.5. The number of aromatic amines is 1. The molecule has 2 aromatic heterocycles. The standard InChI is InChI=1S/C20H20N2O4S/c1-11-13(3)27-20-17(11)19(24)21-18(22-20)12(2)26-16(23)10-9-14-7-5-6-8-15(14)25-4/h5-10,12H,1-4H3,(H,21,22,24)/b10-9+/t12-/m1/s1. The van der Waals surface area contributed by atoms with Crippen LogP contribution in [0.2, 0.25) is 0 Å². The van der Waals surface area contributed by atoms with E-state index in [0.717, 1.165) is 16.0 Å². The molecule has 140 valence electrons. The summed E-state index contributed by atoms with van der Waals surface area (Å²) < 4.78 is 10.6. The Hall–Kier alpha value is -2.93. The Balaban J connectivity index is 1.78. The molecule has 6 nitrogen and oxygen atoms in total. The number of nitrogens with one attached hydrogen (secondary N) is 1. The third kappa shape index (κ3) is 3.93. The van der Waals surface area contributed by atoms with E-state index in [0.29, 0.717) is 21.8 Å². The van der Waals surface area contributed by atoms with Crippen molar-refractivity contribution in [2.75, 3.05) is 7.11 Å². The number of para-hydroxylation sites is 1. The number of aromatic nitrogens is 2. The van der Waals surface area contributed by atoms with Crippen LogP contribution in [0.15, 0.2) is 35.1 Å². The van der Waals surface area contributed by atoms with E-state index >= 15 is 0 Å². The third-order valence-electron chi connectivity index (χ3n) is 4.27. The molecule has 0 spiro atoms. The van der Waals surface area contributed by atoms with Crippen molar-refractivity contribution < 1.29 is 14.3 Å². The molecule has 1 N–H and O–H groups in total. The maximum absolute atomic E-state index is 12.3. The number of rotatable bonds is 5. The number of carbonyl (C=O) groups excluding carboxylic acids is 1. The van der Waals surface area contributed by atoms with Crippen LogP contribution in [0.1, 0.15) is 34.9 Å². The number of nitrogens with zero attached hydrogens (tertiary/aromatic N) is 1. The Morgan fingerprint density at radius 2 is 2.04 bits per heavy atom. The second-order valence-electron chi connectivity index (χ2n) is 6.07. The predicted molar refractivity (Wildman–Crippen MR) is 106 cm³/mol. The molecule has 3 rings (SSSR count). The van der Waals surface area contributed by atoms with E-state index < -0.39 is 12.1 Å². The molecule has 0 saturated carbocycles. The van der Waals surface area contributed by atoms with Crippen molar-refractivity contribution in [3.8, 4) is 5.75 Å². The van der Waals surface area contributed by atoms with Gasteiger partial charge < -0.3 is 14.5 Å². The zero-order valence-corrected chi connectivity index (χ0v) is 16.3. The highest BCUT2D eigenvalue weighted by atomic mass is 32.1. The van der Waals surface area contributed by atoms with Gasteiger partial charge in [-0.15, -0.1) is 11.3 Å². The van der Waals surface area contributed by atoms with Gasteiger partial charge in [-0.1, -0.05) is 18.2 Å². The van der Waals surface area contributed by atoms with E-state index in [4.69, 9.17) is 9.47 Å². The van der Waals surface area contributed by atoms with E-state index in [2.05, 4.69) is 9.97 Å². The van der Waals surface area contributed by atoms with Crippen molar-refractivity contribution in [1.82, 2.24) is 9.97 Å². The highest BCUT2D eigenvalue weighted by molar-refractivity contribution is 7.18. The lowest BCUT2D eigenvalue weighted by Gasteiger charge is -2.11. The first-order valence-corrected chi connectivity index (χ1v) is 9.24. The van der Waals surface area contributed by atoms with E-state index in [9.17, 15) is 9.59 Å². The van der Waals surface area contributed by atoms with Crippen molar-refractivity contribution in [1.29, 1.82) is 0 Å². The summed E-state index contributed by atoms with van der Waals surface area (Å²) in [7, 11) is 1.57. The highest BCUT2D eigenvalue weighted by Crippen LogP contribution is 2.27. The molecule has 0 saturated heterocycles. The number of esters is 1. The summed E-state index contributed by atoms with van der Waals surface area (Å²) in [5, 5.41) is 0.593. The monoisotopic (exact) mass is 384 g/mol. The SMILES string of the molecule is COc1ccccc1/C=C/C(=O)O[C@H](C)c1nc2sc(C)c(C)c2c(=O)[nH]1. The summed E-state index contributed by atoms with van der Waals surface area (Å²) in [4.78, 5) is 33.4. The fourth-order valence-corrected chi connectivity index (χ4v) is 3.73. The first-order chi connectivity index (χ1) is 12.9. The van der Waals surface area contributed by atoms with Crippen molar-refractivity contribution in [3.63, 3.8) is 0 Å². The number of benzene rings is 1. The van der Waals surface area contributed by atoms with Crippen LogP contribution < -0.4 is 10.3 Å². The molecule has 0 aliphatic heterocycles. The first kappa shape index (κ1) is 18.8. The number of fused-ring (bicyclic) bond motifs is 1. The molecular weight excluding hydrogens is 364 g/mol. The van der Waals surface area contributed by atoms with E-state index in [-0.39, 0.29) is 5.56 Å². The van der Waals surface area contributed by atoms with Crippen LogP contribution in [0.5, 0.6) is 5.75 Å². The molecular formula is C20H20N2O4S. The van der Waals surface area contributed by atoms with Gasteiger partial charge >= 0.3 is 5.97 Å². The molecule has 1 atom stereocenters. The number of hydrogen-bond acceptors (Lipinski definition) is 6. The number of methoxy groups -OCH3 is 1. The van der Waals surface area contributed by atoms with Gasteiger partial charge in [0.2, 0.25) is 0 Å². The minimum atomic E-state index is -0.681. The number of carbonyl (C=O) groups is 1. The molecule has 0 radical (unpaired) electrons. The molecule has 2 heterocycles. The van der Waals surface area contributed by atoms with Gasteiger partial charge in [0.15, 0.2) is 11.9 Å². The summed E-state index contributed by atoms with van der Waals surface area (Å²) in [5.74, 6) is 0.456. The Morgan fingerprint density at radius 1 is 1.30 bits per heavy atom. The number of aryl methyl sites for hydroxylation is 2. The molecule has 1 aromatic carbocycles. The highest BCUT2D eigenvalue weighted by Gasteiger charge is 2.17. The molecule has 0 aliphatic carbocycles. The van der Waals surface area contributed by atoms with E-state index in [1.807, 2.05) is 38.1 Å². The van der Waals surface area contributed by atoms with Crippen LogP contribution in [-0.4, -0.2) is 23.0 Å². The van der Waals surface area contributed by atoms with Gasteiger partial charge in [-0.2, -0.15) is 0 Å². The van der Waals surface area contributed by atoms with Crippen LogP contribution in [0.25, 0.3) is 16.3 Å². The van der Waals surface area contributed by atoms with Crippen LogP contribution in [0.4, 0.5) is 0 Å². The van der Waals surface area contributed by atoms with Gasteiger partial charge in [0.25, 0.3) is 5.56 Å². The van der Waals surface area contributed by atoms with Crippen LogP contribution >= 0.6 is 11.3 Å². The van der Waals surface area contributed by atoms with Crippen LogP contribution in [0.3, 0.4) is 0 Å². The minimum absolute atomic E-state index is 0.218. The zero-order chi connectivity index (χ0) is 19.6. The summed E-state index contributed by atoms with van der Waals surface area (Å²) in [5.41, 5.74) is 1.48. The smallest absolute Gasteiger partial charge is 0.331 e. The predicted octanol–water partition coefficient (Wildman–Crippen LogP) is 3.93. The fraction of sp³-hybridized carbons (Fsp3) is 0.250. The maximum Gasteiger partial charge on any atom is 0.331 e. The lowest BCUT2D eigenvalue weighted by atomic mass is 10.2. The largest absolute Gasteiger partial charge is 0.496 e. The first-order valence-electron chi connectivity index (χ1n) is 8.42. The van der Waals surface area contributed by atoms with Gasteiger partial charge in [-0.05, 0) is 38.5 Å². The summed E-state index contributed by atoms with van der Waals surface area (Å²) in [6.07, 6.45) is 2.27. The Bertz CT molecular complexity index is 1080.